The number of nitrogens with one attached hydrogen (secondary N) is 1. The number of halogens is 1. The van der Waals surface area contributed by atoms with Gasteiger partial charge < -0.3 is 5.32 Å². The first kappa shape index (κ1) is 12.3. The molecule has 1 rings (SSSR count). The number of carbonyl (C=O) groups excluding carboxylic acids is 1. The van der Waals surface area contributed by atoms with E-state index < -0.39 is 0 Å². The van der Waals surface area contributed by atoms with Crippen molar-refractivity contribution in [3.63, 3.8) is 0 Å². The fourth-order valence-corrected chi connectivity index (χ4v) is 1.31. The summed E-state index contributed by atoms with van der Waals surface area (Å²) in [6.45, 7) is 3.51. The van der Waals surface area contributed by atoms with Crippen molar-refractivity contribution in [1.29, 1.82) is 5.26 Å². The van der Waals surface area contributed by atoms with E-state index in [0.29, 0.717) is 10.6 Å². The summed E-state index contributed by atoms with van der Waals surface area (Å²) in [5.41, 5.74) is 1.37. The molecule has 16 heavy (non-hydrogen) atoms. The van der Waals surface area contributed by atoms with Gasteiger partial charge in [0, 0.05) is 0 Å². The molecule has 0 saturated carbocycles. The molecule has 0 aliphatic carbocycles. The van der Waals surface area contributed by atoms with Gasteiger partial charge in [0.05, 0.1) is 10.6 Å². The summed E-state index contributed by atoms with van der Waals surface area (Å²) in [7, 11) is 0. The van der Waals surface area contributed by atoms with E-state index in [9.17, 15) is 4.79 Å². The van der Waals surface area contributed by atoms with Crippen molar-refractivity contribution in [1.82, 2.24) is 5.32 Å². The fourth-order valence-electron chi connectivity index (χ4n) is 1.09. The van der Waals surface area contributed by atoms with Crippen LogP contribution in [0.25, 0.3) is 0 Å². The zero-order chi connectivity index (χ0) is 12.1. The van der Waals surface area contributed by atoms with Gasteiger partial charge in [-0.25, -0.2) is 0 Å². The van der Waals surface area contributed by atoms with Crippen molar-refractivity contribution in [3.8, 4) is 6.07 Å². The van der Waals surface area contributed by atoms with Crippen LogP contribution in [-0.2, 0) is 0 Å². The van der Waals surface area contributed by atoms with Crippen molar-refractivity contribution in [2.45, 2.75) is 13.8 Å². The zero-order valence-corrected chi connectivity index (χ0v) is 9.80. The highest BCUT2D eigenvalue weighted by atomic mass is 35.5. The molecule has 0 spiro atoms. The maximum absolute atomic E-state index is 11.8. The first-order chi connectivity index (χ1) is 7.56. The second-order valence-corrected chi connectivity index (χ2v) is 3.83. The van der Waals surface area contributed by atoms with Crippen LogP contribution in [0.4, 0.5) is 0 Å². The zero-order valence-electron chi connectivity index (χ0n) is 9.04. The SMILES string of the molecule is CC(C)=C(C#N)NC(=O)c1ccccc1Cl. The minimum atomic E-state index is -0.372. The van der Waals surface area contributed by atoms with Crippen LogP contribution in [0, 0.1) is 11.3 Å². The fraction of sp³-hybridized carbons (Fsp3) is 0.167. The third-order valence-electron chi connectivity index (χ3n) is 1.97. The van der Waals surface area contributed by atoms with Crippen LogP contribution in [0.1, 0.15) is 24.2 Å². The van der Waals surface area contributed by atoms with Gasteiger partial charge in [-0.15, -0.1) is 0 Å². The van der Waals surface area contributed by atoms with E-state index in [2.05, 4.69) is 5.32 Å². The molecule has 0 radical (unpaired) electrons. The molecule has 0 unspecified atom stereocenters. The average molecular weight is 235 g/mol. The number of hydrogen-bond donors (Lipinski definition) is 1. The number of nitriles is 1. The summed E-state index contributed by atoms with van der Waals surface area (Å²) in [6, 6.07) is 8.62. The molecule has 0 aromatic heterocycles. The first-order valence-corrected chi connectivity index (χ1v) is 5.07. The number of allylic oxidation sites excluding steroid dienone is 2. The normalized spacial score (nSPS) is 9.12. The van der Waals surface area contributed by atoms with Gasteiger partial charge in [0.15, 0.2) is 0 Å². The van der Waals surface area contributed by atoms with Gasteiger partial charge >= 0.3 is 0 Å². The van der Waals surface area contributed by atoms with E-state index in [1.165, 1.54) is 0 Å². The predicted molar refractivity (Wildman–Crippen MR) is 62.9 cm³/mol. The van der Waals surface area contributed by atoms with Crippen LogP contribution in [-0.4, -0.2) is 5.91 Å². The number of benzene rings is 1. The molecule has 3 nitrogen and oxygen atoms in total. The molecule has 0 aliphatic heterocycles. The van der Waals surface area contributed by atoms with Gasteiger partial charge in [-0.2, -0.15) is 5.26 Å². The van der Waals surface area contributed by atoms with E-state index in [1.54, 1.807) is 38.1 Å². The van der Waals surface area contributed by atoms with Gasteiger partial charge in [0.25, 0.3) is 5.91 Å². The second-order valence-electron chi connectivity index (χ2n) is 3.42. The van der Waals surface area contributed by atoms with Gasteiger partial charge in [-0.05, 0) is 31.6 Å². The molecule has 0 saturated heterocycles. The molecular formula is C12H11ClN2O. The molecule has 1 aromatic rings. The summed E-state index contributed by atoms with van der Waals surface area (Å²) < 4.78 is 0. The average Bonchev–Trinajstić information content (AvgIpc) is 2.25. The monoisotopic (exact) mass is 234 g/mol. The van der Waals surface area contributed by atoms with Gasteiger partial charge in [0.1, 0.15) is 11.8 Å². The molecule has 1 N–H and O–H groups in total. The lowest BCUT2D eigenvalue weighted by atomic mass is 10.2. The Bertz CT molecular complexity index is 482. The van der Waals surface area contributed by atoms with Crippen molar-refractivity contribution in [2.75, 3.05) is 0 Å². The summed E-state index contributed by atoms with van der Waals surface area (Å²) in [4.78, 5) is 11.8. The Balaban J connectivity index is 2.95. The van der Waals surface area contributed by atoms with E-state index in [1.807, 2.05) is 6.07 Å². The van der Waals surface area contributed by atoms with Crippen LogP contribution in [0.15, 0.2) is 35.5 Å². The van der Waals surface area contributed by atoms with Gasteiger partial charge in [0.2, 0.25) is 0 Å². The predicted octanol–water partition coefficient (Wildman–Crippen LogP) is 2.89. The Labute approximate surface area is 99.3 Å². The van der Waals surface area contributed by atoms with E-state index in [0.717, 1.165) is 5.57 Å². The number of rotatable bonds is 2. The topological polar surface area (TPSA) is 52.9 Å². The third kappa shape index (κ3) is 2.85. The molecule has 1 aromatic carbocycles. The van der Waals surface area contributed by atoms with Crippen LogP contribution in [0.2, 0.25) is 5.02 Å². The Kier molecular flexibility index (Phi) is 4.10. The summed E-state index contributed by atoms with van der Waals surface area (Å²) in [6.07, 6.45) is 0. The molecule has 0 bridgehead atoms. The summed E-state index contributed by atoms with van der Waals surface area (Å²) >= 11 is 5.87. The van der Waals surface area contributed by atoms with Gasteiger partial charge in [-0.1, -0.05) is 23.7 Å². The van der Waals surface area contributed by atoms with Gasteiger partial charge in [-0.3, -0.25) is 4.79 Å². The Morgan fingerprint density at radius 2 is 2.00 bits per heavy atom. The van der Waals surface area contributed by atoms with Crippen molar-refractivity contribution < 1.29 is 4.79 Å². The lowest BCUT2D eigenvalue weighted by Crippen LogP contribution is -2.23. The maximum atomic E-state index is 11.8. The number of hydrogen-bond acceptors (Lipinski definition) is 2. The first-order valence-electron chi connectivity index (χ1n) is 4.69. The standard InChI is InChI=1S/C12H11ClN2O/c1-8(2)11(7-14)15-12(16)9-5-3-4-6-10(9)13/h3-6H,1-2H3,(H,15,16). The highest BCUT2D eigenvalue weighted by Crippen LogP contribution is 2.15. The molecule has 0 atom stereocenters. The number of nitrogens with zero attached hydrogens (tertiary/aromatic N) is 1. The third-order valence-corrected chi connectivity index (χ3v) is 2.30. The highest BCUT2D eigenvalue weighted by molar-refractivity contribution is 6.33. The minimum absolute atomic E-state index is 0.255. The smallest absolute Gasteiger partial charge is 0.257 e. The van der Waals surface area contributed by atoms with Crippen molar-refractivity contribution >= 4 is 17.5 Å². The highest BCUT2D eigenvalue weighted by Gasteiger charge is 2.11. The molecule has 0 aliphatic rings. The Morgan fingerprint density at radius 3 is 2.50 bits per heavy atom. The van der Waals surface area contributed by atoms with Crippen LogP contribution < -0.4 is 5.32 Å². The van der Waals surface area contributed by atoms with Crippen molar-refractivity contribution in [3.05, 3.63) is 46.1 Å². The van der Waals surface area contributed by atoms with Crippen LogP contribution in [0.5, 0.6) is 0 Å². The van der Waals surface area contributed by atoms with E-state index in [-0.39, 0.29) is 11.6 Å². The maximum Gasteiger partial charge on any atom is 0.257 e. The minimum Gasteiger partial charge on any atom is -0.313 e. The number of carbonyl (C=O) groups is 1. The van der Waals surface area contributed by atoms with E-state index in [4.69, 9.17) is 16.9 Å². The Hall–Kier alpha value is -1.79. The number of amides is 1. The quantitative estimate of drug-likeness (QED) is 0.800. The summed E-state index contributed by atoms with van der Waals surface area (Å²) in [5.74, 6) is -0.372. The largest absolute Gasteiger partial charge is 0.313 e. The summed E-state index contributed by atoms with van der Waals surface area (Å²) in [5, 5.41) is 11.7. The second kappa shape index (κ2) is 5.34. The van der Waals surface area contributed by atoms with E-state index >= 15 is 0 Å². The molecule has 4 heteroatoms. The van der Waals surface area contributed by atoms with Crippen LogP contribution in [0.3, 0.4) is 0 Å². The Morgan fingerprint density at radius 1 is 1.38 bits per heavy atom. The molecule has 1 amide bonds. The van der Waals surface area contributed by atoms with Crippen molar-refractivity contribution in [2.24, 2.45) is 0 Å². The van der Waals surface area contributed by atoms with Crippen LogP contribution >= 0.6 is 11.6 Å². The molecule has 82 valence electrons. The molecule has 0 heterocycles. The molecule has 0 fully saturated rings. The molecular weight excluding hydrogens is 224 g/mol. The lowest BCUT2D eigenvalue weighted by molar-refractivity contribution is 0.0967. The lowest BCUT2D eigenvalue weighted by Gasteiger charge is -2.06.